The van der Waals surface area contributed by atoms with Crippen molar-refractivity contribution in [1.29, 1.82) is 0 Å². The first-order chi connectivity index (χ1) is 11.7. The van der Waals surface area contributed by atoms with Gasteiger partial charge in [-0.15, -0.1) is 0 Å². The van der Waals surface area contributed by atoms with Gasteiger partial charge in [-0.05, 0) is 35.4 Å². The summed E-state index contributed by atoms with van der Waals surface area (Å²) < 4.78 is 0. The Kier molecular flexibility index (Phi) is 3.75. The van der Waals surface area contributed by atoms with E-state index in [1.54, 1.807) is 0 Å². The number of halogens is 1. The van der Waals surface area contributed by atoms with Gasteiger partial charge in [0.2, 0.25) is 5.91 Å². The number of nitrogens with one attached hydrogen (secondary N) is 3. The number of H-pyrrole nitrogens is 2. The molecule has 2 aromatic carbocycles. The van der Waals surface area contributed by atoms with Crippen molar-refractivity contribution in [2.24, 2.45) is 0 Å². The Morgan fingerprint density at radius 1 is 0.958 bits per heavy atom. The number of aromatic amines is 2. The summed E-state index contributed by atoms with van der Waals surface area (Å²) in [4.78, 5) is 18.7. The Morgan fingerprint density at radius 2 is 1.71 bits per heavy atom. The van der Waals surface area contributed by atoms with Crippen LogP contribution in [0.3, 0.4) is 0 Å². The fourth-order valence-electron chi connectivity index (χ4n) is 3.00. The molecule has 1 amide bonds. The van der Waals surface area contributed by atoms with Gasteiger partial charge in [0.1, 0.15) is 0 Å². The second-order valence-electron chi connectivity index (χ2n) is 5.82. The van der Waals surface area contributed by atoms with Gasteiger partial charge in [0, 0.05) is 45.8 Å². The van der Waals surface area contributed by atoms with Crippen LogP contribution in [0.4, 0.5) is 0 Å². The van der Waals surface area contributed by atoms with Gasteiger partial charge < -0.3 is 15.3 Å². The Bertz CT molecular complexity index is 1030. The molecule has 3 N–H and O–H groups in total. The summed E-state index contributed by atoms with van der Waals surface area (Å²) in [5, 5.41) is 5.78. The molecule has 0 saturated carbocycles. The van der Waals surface area contributed by atoms with Crippen molar-refractivity contribution < 1.29 is 4.79 Å². The number of fused-ring (bicyclic) bond motifs is 2. The Hall–Kier alpha value is -2.72. The molecule has 120 valence electrons. The number of amides is 1. The third-order valence-electron chi connectivity index (χ3n) is 4.23. The van der Waals surface area contributed by atoms with Gasteiger partial charge in [0.25, 0.3) is 0 Å². The molecule has 0 spiro atoms. The van der Waals surface area contributed by atoms with Crippen LogP contribution >= 0.6 is 11.6 Å². The lowest BCUT2D eigenvalue weighted by atomic mass is 10.1. The van der Waals surface area contributed by atoms with Crippen molar-refractivity contribution in [3.63, 3.8) is 0 Å². The summed E-state index contributed by atoms with van der Waals surface area (Å²) >= 11 is 6.05. The van der Waals surface area contributed by atoms with Gasteiger partial charge >= 0.3 is 0 Å². The van der Waals surface area contributed by atoms with Crippen LogP contribution < -0.4 is 5.32 Å². The molecular formula is C19H16ClN3O. The number of benzene rings is 2. The van der Waals surface area contributed by atoms with E-state index < -0.39 is 0 Å². The number of carbonyl (C=O) groups is 1. The smallest absolute Gasteiger partial charge is 0.224 e. The van der Waals surface area contributed by atoms with Crippen molar-refractivity contribution in [3.8, 4) is 0 Å². The quantitative estimate of drug-likeness (QED) is 0.514. The summed E-state index contributed by atoms with van der Waals surface area (Å²) in [6, 6.07) is 13.7. The molecule has 0 aliphatic carbocycles. The molecule has 4 nitrogen and oxygen atoms in total. The SMILES string of the molecule is O=C(Cc1c[nH]c2ccc(Cl)cc12)NCc1c[nH]c2ccccc12. The summed E-state index contributed by atoms with van der Waals surface area (Å²) in [5.41, 5.74) is 4.09. The fraction of sp³-hybridized carbons (Fsp3) is 0.105. The highest BCUT2D eigenvalue weighted by molar-refractivity contribution is 6.31. The molecule has 5 heteroatoms. The molecule has 2 heterocycles. The molecule has 2 aromatic heterocycles. The van der Waals surface area contributed by atoms with Crippen molar-refractivity contribution in [3.05, 3.63) is 71.0 Å². The minimum Gasteiger partial charge on any atom is -0.361 e. The van der Waals surface area contributed by atoms with Crippen LogP contribution in [-0.4, -0.2) is 15.9 Å². The van der Waals surface area contributed by atoms with Gasteiger partial charge in [0.15, 0.2) is 0 Å². The van der Waals surface area contributed by atoms with Gasteiger partial charge in [0.05, 0.1) is 6.42 Å². The number of para-hydroxylation sites is 1. The molecule has 0 radical (unpaired) electrons. The van der Waals surface area contributed by atoms with E-state index in [1.165, 1.54) is 0 Å². The topological polar surface area (TPSA) is 60.7 Å². The minimum atomic E-state index is -0.0128. The first-order valence-electron chi connectivity index (χ1n) is 7.78. The molecule has 0 aliphatic heterocycles. The van der Waals surface area contributed by atoms with Gasteiger partial charge in [-0.2, -0.15) is 0 Å². The maximum absolute atomic E-state index is 12.3. The molecule has 0 bridgehead atoms. The first-order valence-corrected chi connectivity index (χ1v) is 8.16. The standard InChI is InChI=1S/C19H16ClN3O/c20-14-5-6-18-16(8-14)12(9-21-18)7-19(24)23-11-13-10-22-17-4-2-1-3-15(13)17/h1-6,8-10,21-22H,7,11H2,(H,23,24). The Balaban J connectivity index is 1.47. The van der Waals surface area contributed by atoms with Crippen molar-refractivity contribution in [2.75, 3.05) is 0 Å². The van der Waals surface area contributed by atoms with E-state index in [9.17, 15) is 4.79 Å². The van der Waals surface area contributed by atoms with E-state index >= 15 is 0 Å². The molecule has 0 atom stereocenters. The monoisotopic (exact) mass is 337 g/mol. The number of rotatable bonds is 4. The number of carbonyl (C=O) groups excluding carboxylic acids is 1. The van der Waals surface area contributed by atoms with Crippen LogP contribution in [0.25, 0.3) is 21.8 Å². The molecule has 24 heavy (non-hydrogen) atoms. The van der Waals surface area contributed by atoms with Crippen LogP contribution in [-0.2, 0) is 17.8 Å². The summed E-state index contributed by atoms with van der Waals surface area (Å²) in [6.07, 6.45) is 4.13. The van der Waals surface area contributed by atoms with E-state index in [-0.39, 0.29) is 5.91 Å². The predicted molar refractivity (Wildman–Crippen MR) is 97.2 cm³/mol. The minimum absolute atomic E-state index is 0.0128. The van der Waals surface area contributed by atoms with Gasteiger partial charge in [-0.3, -0.25) is 4.79 Å². The van der Waals surface area contributed by atoms with Crippen molar-refractivity contribution in [1.82, 2.24) is 15.3 Å². The molecule has 4 aromatic rings. The fourth-order valence-corrected chi connectivity index (χ4v) is 3.18. The van der Waals surface area contributed by atoms with E-state index in [2.05, 4.69) is 21.4 Å². The van der Waals surface area contributed by atoms with E-state index in [1.807, 2.05) is 48.8 Å². The highest BCUT2D eigenvalue weighted by Gasteiger charge is 2.10. The third-order valence-corrected chi connectivity index (χ3v) is 4.47. The molecule has 0 saturated heterocycles. The van der Waals surface area contributed by atoms with Crippen molar-refractivity contribution >= 4 is 39.3 Å². The molecular weight excluding hydrogens is 322 g/mol. The average molecular weight is 338 g/mol. The zero-order chi connectivity index (χ0) is 16.5. The highest BCUT2D eigenvalue weighted by Crippen LogP contribution is 2.23. The predicted octanol–water partition coefficient (Wildman–Crippen LogP) is 4.16. The van der Waals surface area contributed by atoms with Crippen LogP contribution in [0, 0.1) is 0 Å². The summed E-state index contributed by atoms with van der Waals surface area (Å²) in [7, 11) is 0. The largest absolute Gasteiger partial charge is 0.361 e. The molecule has 0 unspecified atom stereocenters. The zero-order valence-electron chi connectivity index (χ0n) is 12.9. The molecule has 4 rings (SSSR count). The number of aromatic nitrogens is 2. The molecule has 0 aliphatic rings. The summed E-state index contributed by atoms with van der Waals surface area (Å²) in [5.74, 6) is -0.0128. The maximum atomic E-state index is 12.3. The lowest BCUT2D eigenvalue weighted by molar-refractivity contribution is -0.120. The Morgan fingerprint density at radius 3 is 2.58 bits per heavy atom. The van der Waals surface area contributed by atoms with Crippen LogP contribution in [0.1, 0.15) is 11.1 Å². The average Bonchev–Trinajstić information content (AvgIpc) is 3.17. The van der Waals surface area contributed by atoms with Gasteiger partial charge in [-0.25, -0.2) is 0 Å². The first kappa shape index (κ1) is 14.8. The van der Waals surface area contributed by atoms with E-state index in [0.717, 1.165) is 32.9 Å². The number of hydrogen-bond acceptors (Lipinski definition) is 1. The summed E-state index contributed by atoms with van der Waals surface area (Å²) in [6.45, 7) is 0.506. The van der Waals surface area contributed by atoms with Crippen LogP contribution in [0.2, 0.25) is 5.02 Å². The van der Waals surface area contributed by atoms with Crippen LogP contribution in [0.15, 0.2) is 54.9 Å². The normalized spacial score (nSPS) is 11.2. The van der Waals surface area contributed by atoms with E-state index in [4.69, 9.17) is 11.6 Å². The van der Waals surface area contributed by atoms with Crippen LogP contribution in [0.5, 0.6) is 0 Å². The lowest BCUT2D eigenvalue weighted by Gasteiger charge is -2.04. The second kappa shape index (κ2) is 6.06. The Labute approximate surface area is 143 Å². The lowest BCUT2D eigenvalue weighted by Crippen LogP contribution is -2.24. The zero-order valence-corrected chi connectivity index (χ0v) is 13.7. The van der Waals surface area contributed by atoms with Crippen molar-refractivity contribution in [2.45, 2.75) is 13.0 Å². The van der Waals surface area contributed by atoms with E-state index in [0.29, 0.717) is 18.0 Å². The highest BCUT2D eigenvalue weighted by atomic mass is 35.5. The number of hydrogen-bond donors (Lipinski definition) is 3. The van der Waals surface area contributed by atoms with Gasteiger partial charge in [-0.1, -0.05) is 29.8 Å². The third kappa shape index (κ3) is 2.76. The maximum Gasteiger partial charge on any atom is 0.224 e. The molecule has 0 fully saturated rings. The second-order valence-corrected chi connectivity index (χ2v) is 6.25.